The van der Waals surface area contributed by atoms with E-state index in [2.05, 4.69) is 26.2 Å². The van der Waals surface area contributed by atoms with Crippen LogP contribution in [0.4, 0.5) is 10.8 Å². The molecule has 1 fully saturated rings. The van der Waals surface area contributed by atoms with Crippen LogP contribution in [0.15, 0.2) is 35.8 Å². The van der Waals surface area contributed by atoms with Gasteiger partial charge in [0.25, 0.3) is 0 Å². The summed E-state index contributed by atoms with van der Waals surface area (Å²) in [6.45, 7) is 5.21. The highest BCUT2D eigenvalue weighted by atomic mass is 32.1. The van der Waals surface area contributed by atoms with Gasteiger partial charge in [0.15, 0.2) is 0 Å². The molecule has 0 unspecified atom stereocenters. The van der Waals surface area contributed by atoms with Gasteiger partial charge in [-0.3, -0.25) is 9.69 Å². The van der Waals surface area contributed by atoms with Crippen molar-refractivity contribution in [1.82, 2.24) is 9.88 Å². The van der Waals surface area contributed by atoms with Gasteiger partial charge >= 0.3 is 0 Å². The Morgan fingerprint density at radius 3 is 2.79 bits per heavy atom. The average molecular weight is 341 g/mol. The minimum Gasteiger partial charge on any atom is -0.354 e. The number of nitrogens with one attached hydrogen (secondary N) is 1. The van der Waals surface area contributed by atoms with Gasteiger partial charge in [-0.05, 0) is 30.5 Å². The summed E-state index contributed by atoms with van der Waals surface area (Å²) in [5.74, 6) is 0.909. The molecule has 7 heteroatoms. The first kappa shape index (κ1) is 16.4. The van der Waals surface area contributed by atoms with Crippen molar-refractivity contribution in [2.24, 2.45) is 0 Å². The monoisotopic (exact) mass is 341 g/mol. The highest BCUT2D eigenvalue weighted by molar-refractivity contribution is 7.14. The number of thiophene rings is 1. The predicted molar refractivity (Wildman–Crippen MR) is 95.1 cm³/mol. The molecule has 124 valence electrons. The largest absolute Gasteiger partial charge is 0.354 e. The first-order valence-electron chi connectivity index (χ1n) is 7.87. The topological polar surface area (TPSA) is 72.3 Å². The number of carbonyl (C=O) groups excluding carboxylic acids is 1. The summed E-state index contributed by atoms with van der Waals surface area (Å²) in [6.07, 6.45) is 1.80. The van der Waals surface area contributed by atoms with E-state index in [-0.39, 0.29) is 11.9 Å². The molecule has 0 saturated carbocycles. The maximum atomic E-state index is 12.4. The van der Waals surface area contributed by atoms with Crippen LogP contribution in [-0.4, -0.2) is 48.0 Å². The Morgan fingerprint density at radius 2 is 2.12 bits per heavy atom. The number of hydrogen-bond acceptors (Lipinski definition) is 6. The minimum atomic E-state index is -0.232. The number of aromatic nitrogens is 1. The lowest BCUT2D eigenvalue weighted by Gasteiger charge is -2.37. The van der Waals surface area contributed by atoms with E-state index in [0.717, 1.165) is 32.0 Å². The summed E-state index contributed by atoms with van der Waals surface area (Å²) in [5, 5.41) is 14.3. The van der Waals surface area contributed by atoms with E-state index in [1.807, 2.05) is 30.5 Å². The fraction of sp³-hybridized carbons (Fsp3) is 0.353. The van der Waals surface area contributed by atoms with Crippen LogP contribution in [0, 0.1) is 11.3 Å². The number of hydrogen-bond donors (Lipinski definition) is 1. The van der Waals surface area contributed by atoms with Crippen molar-refractivity contribution in [2.45, 2.75) is 13.0 Å². The van der Waals surface area contributed by atoms with Crippen LogP contribution >= 0.6 is 11.3 Å². The van der Waals surface area contributed by atoms with Gasteiger partial charge in [0.1, 0.15) is 16.9 Å². The molecule has 0 spiro atoms. The third-order valence-electron chi connectivity index (χ3n) is 4.24. The Kier molecular flexibility index (Phi) is 5.08. The Labute approximate surface area is 145 Å². The van der Waals surface area contributed by atoms with Crippen molar-refractivity contribution in [3.8, 4) is 6.07 Å². The van der Waals surface area contributed by atoms with Gasteiger partial charge in [-0.25, -0.2) is 4.98 Å². The van der Waals surface area contributed by atoms with E-state index in [1.165, 1.54) is 11.3 Å². The molecule has 1 atom stereocenters. The van der Waals surface area contributed by atoms with Crippen LogP contribution in [0.3, 0.4) is 0 Å². The van der Waals surface area contributed by atoms with Gasteiger partial charge in [-0.15, -0.1) is 11.3 Å². The lowest BCUT2D eigenvalue weighted by atomic mass is 10.2. The molecular formula is C17H19N5OS. The maximum Gasteiger partial charge on any atom is 0.242 e. The molecule has 1 aliphatic heterocycles. The molecule has 1 N–H and O–H groups in total. The fourth-order valence-electron chi connectivity index (χ4n) is 2.76. The summed E-state index contributed by atoms with van der Waals surface area (Å²) < 4.78 is 0. The Hall–Kier alpha value is -2.43. The van der Waals surface area contributed by atoms with Crippen molar-refractivity contribution >= 4 is 28.1 Å². The van der Waals surface area contributed by atoms with E-state index >= 15 is 0 Å². The molecule has 0 radical (unpaired) electrons. The zero-order chi connectivity index (χ0) is 16.9. The zero-order valence-corrected chi connectivity index (χ0v) is 14.3. The Morgan fingerprint density at radius 1 is 1.33 bits per heavy atom. The van der Waals surface area contributed by atoms with E-state index in [0.29, 0.717) is 10.6 Å². The standard InChI is InChI=1S/C17H19N5OS/c1-13(16(23)20-17-14(12-18)5-11-24-17)21-7-9-22(10-8-21)15-4-2-3-6-19-15/h2-6,11,13H,7-10H2,1H3,(H,20,23)/t13-/m1/s1. The Balaban J connectivity index is 1.56. The first-order valence-corrected chi connectivity index (χ1v) is 8.75. The van der Waals surface area contributed by atoms with Crippen LogP contribution in [0.1, 0.15) is 12.5 Å². The molecule has 1 aliphatic rings. The second-order valence-corrected chi connectivity index (χ2v) is 6.57. The molecule has 0 aromatic carbocycles. The number of piperazine rings is 1. The van der Waals surface area contributed by atoms with Crippen LogP contribution in [0.25, 0.3) is 0 Å². The predicted octanol–water partition coefficient (Wildman–Crippen LogP) is 2.16. The van der Waals surface area contributed by atoms with Gasteiger partial charge < -0.3 is 10.2 Å². The second-order valence-electron chi connectivity index (χ2n) is 5.65. The first-order chi connectivity index (χ1) is 11.7. The summed E-state index contributed by atoms with van der Waals surface area (Å²) in [4.78, 5) is 21.2. The molecule has 0 aliphatic carbocycles. The van der Waals surface area contributed by atoms with E-state index in [9.17, 15) is 4.79 Å². The normalized spacial score (nSPS) is 16.4. The van der Waals surface area contributed by atoms with Crippen molar-refractivity contribution in [3.05, 3.63) is 41.4 Å². The lowest BCUT2D eigenvalue weighted by Crippen LogP contribution is -2.53. The molecule has 0 bridgehead atoms. The Bertz CT molecular complexity index is 731. The quantitative estimate of drug-likeness (QED) is 0.923. The number of nitriles is 1. The minimum absolute atomic E-state index is 0.0692. The van der Waals surface area contributed by atoms with Crippen LogP contribution < -0.4 is 10.2 Å². The third-order valence-corrected chi connectivity index (χ3v) is 5.07. The summed E-state index contributed by atoms with van der Waals surface area (Å²) in [6, 6.07) is 9.48. The highest BCUT2D eigenvalue weighted by Gasteiger charge is 2.26. The van der Waals surface area contributed by atoms with E-state index in [1.54, 1.807) is 12.3 Å². The highest BCUT2D eigenvalue weighted by Crippen LogP contribution is 2.23. The lowest BCUT2D eigenvalue weighted by molar-refractivity contribution is -0.120. The zero-order valence-electron chi connectivity index (χ0n) is 13.5. The van der Waals surface area contributed by atoms with E-state index in [4.69, 9.17) is 5.26 Å². The number of carbonyl (C=O) groups is 1. The molecule has 3 heterocycles. The third kappa shape index (κ3) is 3.55. The SMILES string of the molecule is C[C@H](C(=O)Nc1sccc1C#N)N1CCN(c2ccccn2)CC1. The number of pyridine rings is 1. The van der Waals surface area contributed by atoms with Crippen molar-refractivity contribution in [1.29, 1.82) is 5.26 Å². The molecule has 1 amide bonds. The van der Waals surface area contributed by atoms with Gasteiger partial charge in [0, 0.05) is 32.4 Å². The fourth-order valence-corrected chi connectivity index (χ4v) is 3.50. The van der Waals surface area contributed by atoms with Gasteiger partial charge in [0.05, 0.1) is 11.6 Å². The average Bonchev–Trinajstić information content (AvgIpc) is 3.09. The molecule has 3 rings (SSSR count). The second kappa shape index (κ2) is 7.43. The van der Waals surface area contributed by atoms with Crippen LogP contribution in [0.2, 0.25) is 0 Å². The van der Waals surface area contributed by atoms with E-state index < -0.39 is 0 Å². The van der Waals surface area contributed by atoms with Gasteiger partial charge in [-0.2, -0.15) is 5.26 Å². The number of nitrogens with zero attached hydrogens (tertiary/aromatic N) is 4. The molecule has 2 aromatic rings. The summed E-state index contributed by atoms with van der Waals surface area (Å²) in [7, 11) is 0. The smallest absolute Gasteiger partial charge is 0.242 e. The molecular weight excluding hydrogens is 322 g/mol. The van der Waals surface area contributed by atoms with Crippen LogP contribution in [-0.2, 0) is 4.79 Å². The van der Waals surface area contributed by atoms with Crippen molar-refractivity contribution < 1.29 is 4.79 Å². The van der Waals surface area contributed by atoms with Crippen LogP contribution in [0.5, 0.6) is 0 Å². The summed E-state index contributed by atoms with van der Waals surface area (Å²) in [5.41, 5.74) is 0.514. The number of amides is 1. The molecule has 1 saturated heterocycles. The molecule has 24 heavy (non-hydrogen) atoms. The number of anilines is 2. The maximum absolute atomic E-state index is 12.4. The van der Waals surface area contributed by atoms with Gasteiger partial charge in [-0.1, -0.05) is 6.07 Å². The summed E-state index contributed by atoms with van der Waals surface area (Å²) >= 11 is 1.37. The van der Waals surface area contributed by atoms with Gasteiger partial charge in [0.2, 0.25) is 5.91 Å². The number of rotatable bonds is 4. The molecule has 6 nitrogen and oxygen atoms in total. The molecule has 2 aromatic heterocycles. The van der Waals surface area contributed by atoms with Crippen molar-refractivity contribution in [2.75, 3.05) is 36.4 Å². The van der Waals surface area contributed by atoms with Crippen molar-refractivity contribution in [3.63, 3.8) is 0 Å².